The molecule has 0 fully saturated rings. The molecule has 0 saturated carbocycles. The molecule has 0 saturated heterocycles. The summed E-state index contributed by atoms with van der Waals surface area (Å²) in [6, 6.07) is 0. The summed E-state index contributed by atoms with van der Waals surface area (Å²) in [6.07, 6.45) is 2.95. The topological polar surface area (TPSA) is 246 Å². The van der Waals surface area contributed by atoms with Gasteiger partial charge in [-0.2, -0.15) is 0 Å². The van der Waals surface area contributed by atoms with Crippen molar-refractivity contribution >= 4 is 47.6 Å². The Morgan fingerprint density at radius 1 is 0.514 bits per heavy atom. The molecule has 0 aromatic carbocycles. The van der Waals surface area contributed by atoms with E-state index in [9.17, 15) is 0 Å². The standard InChI is InChI=1S/C14H14N16O5/c1-29(2)5-15-7-9(23-32-21-7)17-19-11-13(27-34-25-11)31-14-12(26-35-28-14)20-18-10-8(22-33-24-10)16-6-30(3)4/h5-6H,1-4H3. The minimum absolute atomic E-state index is 0.0245. The minimum Gasteiger partial charge on any atom is -0.408 e. The highest BCUT2D eigenvalue weighted by molar-refractivity contribution is 5.64. The first-order valence-electron chi connectivity index (χ1n) is 9.22. The summed E-state index contributed by atoms with van der Waals surface area (Å²) < 4.78 is 23.9. The van der Waals surface area contributed by atoms with Crippen LogP contribution in [-0.2, 0) is 0 Å². The van der Waals surface area contributed by atoms with Crippen molar-refractivity contribution < 1.29 is 23.3 Å². The van der Waals surface area contributed by atoms with E-state index in [2.05, 4.69) is 90.2 Å². The van der Waals surface area contributed by atoms with Crippen molar-refractivity contribution in [3.63, 3.8) is 0 Å². The Morgan fingerprint density at radius 3 is 1.29 bits per heavy atom. The van der Waals surface area contributed by atoms with Gasteiger partial charge in [0.05, 0.1) is 12.7 Å². The molecule has 4 aromatic rings. The molecule has 4 aromatic heterocycles. The fraction of sp³-hybridized carbons (Fsp3) is 0.286. The predicted molar refractivity (Wildman–Crippen MR) is 109 cm³/mol. The summed E-state index contributed by atoms with van der Waals surface area (Å²) in [5.74, 6) is -0.718. The van der Waals surface area contributed by atoms with Crippen molar-refractivity contribution in [2.75, 3.05) is 28.2 Å². The third-order valence-electron chi connectivity index (χ3n) is 3.29. The monoisotopic (exact) mass is 486 g/mol. The molecule has 0 N–H and O–H groups in total. The first-order valence-corrected chi connectivity index (χ1v) is 9.22. The quantitative estimate of drug-likeness (QED) is 0.177. The molecule has 0 bridgehead atoms. The second-order valence-corrected chi connectivity index (χ2v) is 6.53. The highest BCUT2D eigenvalue weighted by Gasteiger charge is 2.20. The van der Waals surface area contributed by atoms with Gasteiger partial charge in [-0.1, -0.05) is 0 Å². The van der Waals surface area contributed by atoms with E-state index in [1.807, 2.05) is 0 Å². The SMILES string of the molecule is CN(C)C=Nc1nonc1N=Nc1nonc1Oc1nonc1N=Nc1nonc1N=CN(C)C. The lowest BCUT2D eigenvalue weighted by molar-refractivity contribution is 0.272. The Hall–Kier alpha value is -5.50. The van der Waals surface area contributed by atoms with E-state index >= 15 is 0 Å². The molecule has 0 aliphatic heterocycles. The molecule has 4 rings (SSSR count). The van der Waals surface area contributed by atoms with Crippen molar-refractivity contribution in [3.05, 3.63) is 0 Å². The molecular formula is C14H14N16O5. The van der Waals surface area contributed by atoms with Crippen LogP contribution < -0.4 is 4.74 Å². The Morgan fingerprint density at radius 2 is 0.857 bits per heavy atom. The van der Waals surface area contributed by atoms with Crippen molar-refractivity contribution in [3.8, 4) is 11.8 Å². The fourth-order valence-corrected chi connectivity index (χ4v) is 1.87. The summed E-state index contributed by atoms with van der Waals surface area (Å²) in [5.41, 5.74) is 0. The number of nitrogens with zero attached hydrogens (tertiary/aromatic N) is 16. The van der Waals surface area contributed by atoms with Crippen molar-refractivity contribution in [2.24, 2.45) is 30.4 Å². The molecule has 21 nitrogen and oxygen atoms in total. The van der Waals surface area contributed by atoms with E-state index in [-0.39, 0.29) is 46.7 Å². The van der Waals surface area contributed by atoms with Gasteiger partial charge < -0.3 is 14.5 Å². The molecular weight excluding hydrogens is 472 g/mol. The molecule has 0 radical (unpaired) electrons. The van der Waals surface area contributed by atoms with Gasteiger partial charge >= 0.3 is 11.8 Å². The Balaban J connectivity index is 1.48. The zero-order chi connectivity index (χ0) is 24.6. The molecule has 0 amide bonds. The van der Waals surface area contributed by atoms with E-state index in [1.165, 1.54) is 12.7 Å². The van der Waals surface area contributed by atoms with Crippen LogP contribution in [0, 0.1) is 0 Å². The molecule has 0 unspecified atom stereocenters. The molecule has 0 atom stereocenters. The molecule has 35 heavy (non-hydrogen) atoms. The number of hydrogen-bond donors (Lipinski definition) is 0. The lowest BCUT2D eigenvalue weighted by Gasteiger charge is -1.99. The zero-order valence-corrected chi connectivity index (χ0v) is 18.4. The van der Waals surface area contributed by atoms with Crippen LogP contribution in [0.25, 0.3) is 0 Å². The van der Waals surface area contributed by atoms with Crippen LogP contribution in [0.3, 0.4) is 0 Å². The first-order chi connectivity index (χ1) is 17.0. The van der Waals surface area contributed by atoms with Crippen LogP contribution in [-0.4, -0.2) is 91.9 Å². The average Bonchev–Trinajstić information content (AvgIpc) is 3.62. The summed E-state index contributed by atoms with van der Waals surface area (Å²) >= 11 is 0. The van der Waals surface area contributed by atoms with Crippen molar-refractivity contribution in [2.45, 2.75) is 0 Å². The van der Waals surface area contributed by atoms with Crippen LogP contribution in [0.5, 0.6) is 11.8 Å². The van der Waals surface area contributed by atoms with Crippen molar-refractivity contribution in [1.82, 2.24) is 51.1 Å². The van der Waals surface area contributed by atoms with Crippen LogP contribution in [0.15, 0.2) is 49.0 Å². The number of aliphatic imine (C=N–C) groups is 2. The van der Waals surface area contributed by atoms with E-state index < -0.39 is 0 Å². The Kier molecular flexibility index (Phi) is 6.75. The summed E-state index contributed by atoms with van der Waals surface area (Å²) in [5, 5.41) is 44.1. The van der Waals surface area contributed by atoms with Gasteiger partial charge in [-0.25, -0.2) is 28.5 Å². The van der Waals surface area contributed by atoms with Gasteiger partial charge in [-0.3, -0.25) is 0 Å². The van der Waals surface area contributed by atoms with Gasteiger partial charge in [-0.05, 0) is 41.3 Å². The Labute approximate surface area is 193 Å². The van der Waals surface area contributed by atoms with E-state index in [0.717, 1.165) is 0 Å². The highest BCUT2D eigenvalue weighted by Crippen LogP contribution is 2.34. The fourth-order valence-electron chi connectivity index (χ4n) is 1.87. The number of azo groups is 2. The maximum absolute atomic E-state index is 5.45. The van der Waals surface area contributed by atoms with Crippen LogP contribution in [0.1, 0.15) is 0 Å². The smallest absolute Gasteiger partial charge is 0.311 e. The van der Waals surface area contributed by atoms with Crippen LogP contribution in [0.4, 0.5) is 34.9 Å². The average molecular weight is 486 g/mol. The minimum atomic E-state index is -0.241. The lowest BCUT2D eigenvalue weighted by Crippen LogP contribution is -2.06. The zero-order valence-electron chi connectivity index (χ0n) is 18.4. The molecule has 0 aliphatic carbocycles. The number of aromatic nitrogens is 8. The number of ether oxygens (including phenoxy) is 1. The van der Waals surface area contributed by atoms with E-state index in [4.69, 9.17) is 4.74 Å². The highest BCUT2D eigenvalue weighted by atomic mass is 16.6. The van der Waals surface area contributed by atoms with Gasteiger partial charge in [0.2, 0.25) is 11.6 Å². The van der Waals surface area contributed by atoms with E-state index in [1.54, 1.807) is 38.0 Å². The van der Waals surface area contributed by atoms with Gasteiger partial charge in [0.15, 0.2) is 0 Å². The third-order valence-corrected chi connectivity index (χ3v) is 3.29. The second-order valence-electron chi connectivity index (χ2n) is 6.53. The second kappa shape index (κ2) is 10.4. The van der Waals surface area contributed by atoms with Gasteiger partial charge in [-0.15, -0.1) is 20.5 Å². The first kappa shape index (κ1) is 22.7. The van der Waals surface area contributed by atoms with Gasteiger partial charge in [0.25, 0.3) is 23.3 Å². The van der Waals surface area contributed by atoms with Crippen molar-refractivity contribution in [1.29, 1.82) is 0 Å². The van der Waals surface area contributed by atoms with Crippen LogP contribution >= 0.6 is 0 Å². The number of hydrogen-bond acceptors (Lipinski definition) is 19. The summed E-state index contributed by atoms with van der Waals surface area (Å²) in [7, 11) is 7.10. The van der Waals surface area contributed by atoms with E-state index in [0.29, 0.717) is 0 Å². The largest absolute Gasteiger partial charge is 0.408 e. The summed E-state index contributed by atoms with van der Waals surface area (Å²) in [4.78, 5) is 11.4. The maximum Gasteiger partial charge on any atom is 0.311 e. The predicted octanol–water partition coefficient (Wildman–Crippen LogP) is 2.28. The number of rotatable bonds is 10. The Bertz CT molecular complexity index is 1260. The summed E-state index contributed by atoms with van der Waals surface area (Å²) in [6.45, 7) is 0. The maximum atomic E-state index is 5.45. The molecule has 0 spiro atoms. The molecule has 21 heteroatoms. The normalized spacial score (nSPS) is 12.1. The van der Waals surface area contributed by atoms with Gasteiger partial charge in [0, 0.05) is 28.2 Å². The van der Waals surface area contributed by atoms with Crippen LogP contribution in [0.2, 0.25) is 0 Å². The molecule has 180 valence electrons. The molecule has 0 aliphatic rings. The lowest BCUT2D eigenvalue weighted by atomic mass is 10.6. The molecule has 4 heterocycles. The van der Waals surface area contributed by atoms with Gasteiger partial charge in [0.1, 0.15) is 0 Å². The third kappa shape index (κ3) is 5.85.